The highest BCUT2D eigenvalue weighted by Crippen LogP contribution is 2.25. The maximum absolute atomic E-state index is 4.52. The highest BCUT2D eigenvalue weighted by Gasteiger charge is 2.18. The molecule has 2 heteroatoms. The zero-order valence-corrected chi connectivity index (χ0v) is 10.2. The van der Waals surface area contributed by atoms with Gasteiger partial charge in [-0.3, -0.25) is 4.68 Å². The molecule has 0 aliphatic carbocycles. The molecule has 0 saturated heterocycles. The summed E-state index contributed by atoms with van der Waals surface area (Å²) in [6.45, 7) is 8.02. The predicted molar refractivity (Wildman–Crippen MR) is 62.9 cm³/mol. The van der Waals surface area contributed by atoms with E-state index in [-0.39, 0.29) is 0 Å². The molecule has 0 spiro atoms. The van der Waals surface area contributed by atoms with Crippen molar-refractivity contribution >= 4 is 0 Å². The van der Waals surface area contributed by atoms with Crippen LogP contribution < -0.4 is 0 Å². The van der Waals surface area contributed by atoms with Crippen LogP contribution in [0.1, 0.15) is 51.3 Å². The highest BCUT2D eigenvalue weighted by atomic mass is 15.3. The highest BCUT2D eigenvalue weighted by molar-refractivity contribution is 5.20. The zero-order valence-electron chi connectivity index (χ0n) is 10.2. The van der Waals surface area contributed by atoms with Crippen LogP contribution in [0, 0.1) is 5.41 Å². The third-order valence-corrected chi connectivity index (χ3v) is 3.04. The molecule has 1 aromatic rings. The number of hydrogen-bond donors (Lipinski definition) is 0. The Morgan fingerprint density at radius 2 is 2.07 bits per heavy atom. The van der Waals surface area contributed by atoms with Gasteiger partial charge < -0.3 is 0 Å². The molecule has 0 atom stereocenters. The van der Waals surface area contributed by atoms with E-state index in [1.807, 2.05) is 0 Å². The first-order valence-corrected chi connectivity index (χ1v) is 6.10. The molecule has 1 aliphatic rings. The fraction of sp³-hybridized carbons (Fsp3) is 0.769. The fourth-order valence-electron chi connectivity index (χ4n) is 2.38. The van der Waals surface area contributed by atoms with Crippen molar-refractivity contribution in [1.29, 1.82) is 0 Å². The molecular weight excluding hydrogens is 184 g/mol. The minimum Gasteiger partial charge on any atom is -0.269 e. The zero-order chi connectivity index (χ0) is 10.9. The van der Waals surface area contributed by atoms with Crippen LogP contribution in [0.4, 0.5) is 0 Å². The molecule has 0 amide bonds. The van der Waals surface area contributed by atoms with Crippen LogP contribution in [0.5, 0.6) is 0 Å². The number of rotatable bonds is 1. The van der Waals surface area contributed by atoms with E-state index >= 15 is 0 Å². The Morgan fingerprint density at radius 3 is 2.80 bits per heavy atom. The molecule has 0 unspecified atom stereocenters. The summed E-state index contributed by atoms with van der Waals surface area (Å²) in [6.07, 6.45) is 8.46. The lowest BCUT2D eigenvalue weighted by Gasteiger charge is -2.18. The maximum atomic E-state index is 4.52. The van der Waals surface area contributed by atoms with Crippen LogP contribution >= 0.6 is 0 Å². The summed E-state index contributed by atoms with van der Waals surface area (Å²) in [6, 6.07) is 0. The molecule has 2 rings (SSSR count). The van der Waals surface area contributed by atoms with Crippen LogP contribution in [-0.2, 0) is 19.4 Å². The second kappa shape index (κ2) is 3.99. The average molecular weight is 206 g/mol. The Bertz CT molecular complexity index is 331. The second-order valence-electron chi connectivity index (χ2n) is 5.89. The molecule has 2 nitrogen and oxygen atoms in total. The van der Waals surface area contributed by atoms with Gasteiger partial charge in [-0.25, -0.2) is 0 Å². The largest absolute Gasteiger partial charge is 0.269 e. The number of fused-ring (bicyclic) bond motifs is 1. The van der Waals surface area contributed by atoms with Crippen molar-refractivity contribution in [2.45, 2.75) is 59.4 Å². The minimum atomic E-state index is 0.372. The Kier molecular flexibility index (Phi) is 2.85. The molecule has 1 aliphatic heterocycles. The van der Waals surface area contributed by atoms with E-state index in [9.17, 15) is 0 Å². The summed E-state index contributed by atoms with van der Waals surface area (Å²) >= 11 is 0. The van der Waals surface area contributed by atoms with Crippen molar-refractivity contribution < 1.29 is 0 Å². The van der Waals surface area contributed by atoms with Gasteiger partial charge >= 0.3 is 0 Å². The summed E-state index contributed by atoms with van der Waals surface area (Å²) < 4.78 is 2.23. The Balaban J connectivity index is 2.22. The standard InChI is InChI=1S/C13H22N2/c1-13(2,3)9-11-10-14-15-8-6-4-5-7-12(11)15/h10H,4-9H2,1-3H3. The van der Waals surface area contributed by atoms with Gasteiger partial charge in [0.1, 0.15) is 0 Å². The molecule has 0 saturated carbocycles. The molecule has 2 heterocycles. The molecule has 0 N–H and O–H groups in total. The molecule has 15 heavy (non-hydrogen) atoms. The summed E-state index contributed by atoms with van der Waals surface area (Å²) in [5, 5.41) is 4.52. The van der Waals surface area contributed by atoms with Gasteiger partial charge in [-0.2, -0.15) is 5.10 Å². The monoisotopic (exact) mass is 206 g/mol. The molecule has 0 radical (unpaired) electrons. The lowest BCUT2D eigenvalue weighted by atomic mass is 9.88. The van der Waals surface area contributed by atoms with Gasteiger partial charge in [-0.1, -0.05) is 27.2 Å². The number of aryl methyl sites for hydroxylation is 1. The van der Waals surface area contributed by atoms with Crippen molar-refractivity contribution in [2.75, 3.05) is 0 Å². The van der Waals surface area contributed by atoms with E-state index in [1.54, 1.807) is 0 Å². The Morgan fingerprint density at radius 1 is 1.27 bits per heavy atom. The van der Waals surface area contributed by atoms with Gasteiger partial charge in [0.05, 0.1) is 6.20 Å². The lowest BCUT2D eigenvalue weighted by Crippen LogP contribution is -2.11. The van der Waals surface area contributed by atoms with E-state index in [0.717, 1.165) is 13.0 Å². The number of nitrogens with zero attached hydrogens (tertiary/aromatic N) is 2. The summed E-state index contributed by atoms with van der Waals surface area (Å²) in [5.41, 5.74) is 3.35. The Labute approximate surface area is 92.7 Å². The molecule has 0 aromatic carbocycles. The smallest absolute Gasteiger partial charge is 0.0524 e. The van der Waals surface area contributed by atoms with E-state index in [0.29, 0.717) is 5.41 Å². The summed E-state index contributed by atoms with van der Waals surface area (Å²) in [4.78, 5) is 0. The normalized spacial score (nSPS) is 17.3. The van der Waals surface area contributed by atoms with E-state index in [2.05, 4.69) is 36.7 Å². The van der Waals surface area contributed by atoms with Gasteiger partial charge in [0.15, 0.2) is 0 Å². The number of aromatic nitrogens is 2. The minimum absolute atomic E-state index is 0.372. The van der Waals surface area contributed by atoms with Gasteiger partial charge in [0, 0.05) is 12.2 Å². The van der Waals surface area contributed by atoms with Gasteiger partial charge in [0.25, 0.3) is 0 Å². The fourth-order valence-corrected chi connectivity index (χ4v) is 2.38. The Hall–Kier alpha value is -0.790. The molecule has 1 aromatic heterocycles. The SMILES string of the molecule is CC(C)(C)Cc1cnn2c1CCCCC2. The van der Waals surface area contributed by atoms with Crippen LogP contribution in [0.15, 0.2) is 6.20 Å². The van der Waals surface area contributed by atoms with Crippen molar-refractivity contribution in [2.24, 2.45) is 5.41 Å². The van der Waals surface area contributed by atoms with Crippen LogP contribution in [0.2, 0.25) is 0 Å². The third kappa shape index (κ3) is 2.61. The quantitative estimate of drug-likeness (QED) is 0.690. The van der Waals surface area contributed by atoms with Crippen LogP contribution in [-0.4, -0.2) is 9.78 Å². The van der Waals surface area contributed by atoms with Gasteiger partial charge in [0.2, 0.25) is 0 Å². The van der Waals surface area contributed by atoms with Crippen LogP contribution in [0.25, 0.3) is 0 Å². The van der Waals surface area contributed by atoms with E-state index in [1.165, 1.54) is 36.9 Å². The molecule has 0 fully saturated rings. The van der Waals surface area contributed by atoms with E-state index in [4.69, 9.17) is 0 Å². The molecular formula is C13H22N2. The van der Waals surface area contributed by atoms with E-state index < -0.39 is 0 Å². The van der Waals surface area contributed by atoms with Gasteiger partial charge in [-0.15, -0.1) is 0 Å². The van der Waals surface area contributed by atoms with Crippen LogP contribution in [0.3, 0.4) is 0 Å². The van der Waals surface area contributed by atoms with Crippen molar-refractivity contribution in [3.63, 3.8) is 0 Å². The van der Waals surface area contributed by atoms with Crippen molar-refractivity contribution in [1.82, 2.24) is 9.78 Å². The first kappa shape index (κ1) is 10.7. The maximum Gasteiger partial charge on any atom is 0.0524 e. The topological polar surface area (TPSA) is 17.8 Å². The van der Waals surface area contributed by atoms with Crippen molar-refractivity contribution in [3.8, 4) is 0 Å². The molecule has 84 valence electrons. The van der Waals surface area contributed by atoms with Gasteiger partial charge in [-0.05, 0) is 36.7 Å². The number of hydrogen-bond acceptors (Lipinski definition) is 1. The third-order valence-electron chi connectivity index (χ3n) is 3.04. The molecule has 0 bridgehead atoms. The first-order chi connectivity index (χ1) is 7.06. The average Bonchev–Trinajstić information content (AvgIpc) is 2.35. The first-order valence-electron chi connectivity index (χ1n) is 6.10. The van der Waals surface area contributed by atoms with Crippen molar-refractivity contribution in [3.05, 3.63) is 17.5 Å². The second-order valence-corrected chi connectivity index (χ2v) is 5.89. The predicted octanol–water partition coefficient (Wildman–Crippen LogP) is 3.20. The lowest BCUT2D eigenvalue weighted by molar-refractivity contribution is 0.409. The summed E-state index contributed by atoms with van der Waals surface area (Å²) in [5.74, 6) is 0. The summed E-state index contributed by atoms with van der Waals surface area (Å²) in [7, 11) is 0.